The van der Waals surface area contributed by atoms with Crippen molar-refractivity contribution in [3.8, 4) is 0 Å². The Morgan fingerprint density at radius 1 is 1.08 bits per heavy atom. The fraction of sp³-hybridized carbons (Fsp3) is 0.467. The Bertz CT molecular complexity index is 747. The number of thioether (sulfide) groups is 1. The molecule has 0 bridgehead atoms. The molecular weight excluding hydrogens is 448 g/mol. The summed E-state index contributed by atoms with van der Waals surface area (Å²) in [5.41, 5.74) is -4.35. The average Bonchev–Trinajstić information content (AvgIpc) is 2.89. The predicted molar refractivity (Wildman–Crippen MR) is 91.8 cm³/mol. The number of hydrogen-bond acceptors (Lipinski definition) is 4. The molecule has 0 saturated carbocycles. The van der Waals surface area contributed by atoms with E-state index in [0.29, 0.717) is 5.33 Å². The number of alkyl halides is 7. The van der Waals surface area contributed by atoms with Crippen LogP contribution in [0.15, 0.2) is 40.3 Å². The molecule has 3 rings (SSSR count). The van der Waals surface area contributed by atoms with E-state index in [1.807, 2.05) is 0 Å². The Kier molecular flexibility index (Phi) is 4.62. The summed E-state index contributed by atoms with van der Waals surface area (Å²) >= 11 is 4.14. The minimum atomic E-state index is -5.72. The van der Waals surface area contributed by atoms with Crippen LogP contribution in [0.3, 0.4) is 0 Å². The molecule has 0 unspecified atom stereocenters. The van der Waals surface area contributed by atoms with Crippen LogP contribution in [0.1, 0.15) is 12.5 Å². The standard InChI is InChI=1S/C15H12BrF6N3S/c1-12(7-16)8-25-10(9-5-3-2-4-6-9)23-13(14(17,18)19,15(20,21)22)24-11(25)26-12/h2-6H,7-8H2,1H3/t12-/m1/s1. The summed E-state index contributed by atoms with van der Waals surface area (Å²) in [6.07, 6.45) is -11.4. The van der Waals surface area contributed by atoms with Crippen molar-refractivity contribution in [3.63, 3.8) is 0 Å². The quantitative estimate of drug-likeness (QED) is 0.468. The first kappa shape index (κ1) is 19.5. The monoisotopic (exact) mass is 459 g/mol. The van der Waals surface area contributed by atoms with Crippen molar-refractivity contribution in [2.45, 2.75) is 29.7 Å². The fourth-order valence-electron chi connectivity index (χ4n) is 2.63. The van der Waals surface area contributed by atoms with Crippen LogP contribution in [0, 0.1) is 0 Å². The van der Waals surface area contributed by atoms with Crippen LogP contribution in [-0.4, -0.2) is 50.5 Å². The number of fused-ring (bicyclic) bond motifs is 1. The second-order valence-electron chi connectivity index (χ2n) is 6.14. The van der Waals surface area contributed by atoms with E-state index in [0.717, 1.165) is 11.8 Å². The third kappa shape index (κ3) is 3.02. The maximum atomic E-state index is 13.5. The lowest BCUT2D eigenvalue weighted by atomic mass is 10.1. The van der Waals surface area contributed by atoms with Gasteiger partial charge in [0.1, 0.15) is 5.84 Å². The van der Waals surface area contributed by atoms with E-state index >= 15 is 0 Å². The molecule has 2 aliphatic rings. The van der Waals surface area contributed by atoms with Gasteiger partial charge in [-0.1, -0.05) is 58.0 Å². The van der Waals surface area contributed by atoms with Crippen molar-refractivity contribution in [3.05, 3.63) is 35.9 Å². The first-order valence-corrected chi connectivity index (χ1v) is 9.27. The lowest BCUT2D eigenvalue weighted by Gasteiger charge is -2.36. The van der Waals surface area contributed by atoms with E-state index in [1.165, 1.54) is 29.2 Å². The van der Waals surface area contributed by atoms with Crippen molar-refractivity contribution in [1.29, 1.82) is 0 Å². The summed E-state index contributed by atoms with van der Waals surface area (Å²) < 4.78 is 80.6. The first-order valence-electron chi connectivity index (χ1n) is 7.34. The minimum Gasteiger partial charge on any atom is -0.304 e. The van der Waals surface area contributed by atoms with Crippen LogP contribution < -0.4 is 0 Å². The Morgan fingerprint density at radius 3 is 2.15 bits per heavy atom. The molecule has 1 fully saturated rings. The molecule has 0 radical (unpaired) electrons. The van der Waals surface area contributed by atoms with Gasteiger partial charge in [-0.3, -0.25) is 0 Å². The summed E-state index contributed by atoms with van der Waals surface area (Å²) in [6.45, 7) is 1.92. The summed E-state index contributed by atoms with van der Waals surface area (Å²) in [7, 11) is 0. The molecule has 2 heterocycles. The van der Waals surface area contributed by atoms with Gasteiger partial charge >= 0.3 is 18.0 Å². The van der Waals surface area contributed by atoms with Gasteiger partial charge in [-0.15, -0.1) is 0 Å². The third-order valence-corrected chi connectivity index (χ3v) is 6.82. The van der Waals surface area contributed by atoms with Crippen LogP contribution in [0.2, 0.25) is 0 Å². The van der Waals surface area contributed by atoms with Gasteiger partial charge in [0.2, 0.25) is 0 Å². The van der Waals surface area contributed by atoms with Crippen molar-refractivity contribution < 1.29 is 26.3 Å². The molecule has 0 spiro atoms. The van der Waals surface area contributed by atoms with Crippen molar-refractivity contribution in [2.75, 3.05) is 11.9 Å². The number of nitrogens with zero attached hydrogens (tertiary/aromatic N) is 3. The van der Waals surface area contributed by atoms with Gasteiger partial charge in [-0.2, -0.15) is 26.3 Å². The molecule has 2 aliphatic heterocycles. The van der Waals surface area contributed by atoms with E-state index < -0.39 is 22.8 Å². The average molecular weight is 460 g/mol. The minimum absolute atomic E-state index is 0.164. The zero-order valence-corrected chi connectivity index (χ0v) is 15.6. The number of benzene rings is 1. The first-order chi connectivity index (χ1) is 11.9. The zero-order chi connectivity index (χ0) is 19.4. The number of halogens is 7. The van der Waals surface area contributed by atoms with Gasteiger partial charge in [0.25, 0.3) is 0 Å². The third-order valence-electron chi connectivity index (χ3n) is 3.95. The smallest absolute Gasteiger partial charge is 0.304 e. The molecule has 1 atom stereocenters. The summed E-state index contributed by atoms with van der Waals surface area (Å²) in [5, 5.41) is 0.0308. The van der Waals surface area contributed by atoms with Crippen molar-refractivity contribution in [2.24, 2.45) is 9.98 Å². The zero-order valence-electron chi connectivity index (χ0n) is 13.2. The molecular formula is C15H12BrF6N3S. The molecule has 11 heteroatoms. The lowest BCUT2D eigenvalue weighted by molar-refractivity contribution is -0.292. The molecule has 142 valence electrons. The van der Waals surface area contributed by atoms with E-state index in [9.17, 15) is 26.3 Å². The fourth-order valence-corrected chi connectivity index (χ4v) is 4.28. The highest BCUT2D eigenvalue weighted by atomic mass is 79.9. The summed E-state index contributed by atoms with van der Waals surface area (Å²) in [4.78, 5) is 7.55. The number of amidine groups is 2. The van der Waals surface area contributed by atoms with Crippen molar-refractivity contribution in [1.82, 2.24) is 4.90 Å². The lowest BCUT2D eigenvalue weighted by Crippen LogP contribution is -2.58. The maximum Gasteiger partial charge on any atom is 0.443 e. The van der Waals surface area contributed by atoms with Gasteiger partial charge < -0.3 is 4.90 Å². The maximum absolute atomic E-state index is 13.5. The molecule has 3 nitrogen and oxygen atoms in total. The molecule has 1 saturated heterocycles. The molecule has 0 N–H and O–H groups in total. The molecule has 1 aromatic carbocycles. The molecule has 0 amide bonds. The Balaban J connectivity index is 2.26. The Labute approximate surface area is 157 Å². The van der Waals surface area contributed by atoms with E-state index in [2.05, 4.69) is 25.9 Å². The van der Waals surface area contributed by atoms with E-state index in [-0.39, 0.29) is 23.1 Å². The van der Waals surface area contributed by atoms with Crippen LogP contribution >= 0.6 is 27.7 Å². The topological polar surface area (TPSA) is 28.0 Å². The summed E-state index contributed by atoms with van der Waals surface area (Å²) in [6, 6.07) is 7.52. The highest BCUT2D eigenvalue weighted by molar-refractivity contribution is 9.09. The van der Waals surface area contributed by atoms with Crippen LogP contribution in [0.5, 0.6) is 0 Å². The number of rotatable bonds is 2. The Morgan fingerprint density at radius 2 is 1.65 bits per heavy atom. The molecule has 0 aliphatic carbocycles. The van der Waals surface area contributed by atoms with Crippen LogP contribution in [-0.2, 0) is 0 Å². The largest absolute Gasteiger partial charge is 0.443 e. The molecule has 0 aromatic heterocycles. The number of hydrogen-bond donors (Lipinski definition) is 0. The second-order valence-corrected chi connectivity index (χ2v) is 8.25. The van der Waals surface area contributed by atoms with Gasteiger partial charge in [0, 0.05) is 22.2 Å². The SMILES string of the molecule is C[C@@]1(CBr)CN2C(=NC(C(F)(F)F)(C(F)(F)F)N=C2c2ccccc2)S1. The van der Waals surface area contributed by atoms with Gasteiger partial charge in [0.05, 0.1) is 0 Å². The normalized spacial score (nSPS) is 25.6. The highest BCUT2D eigenvalue weighted by Crippen LogP contribution is 2.51. The second kappa shape index (κ2) is 6.15. The molecule has 1 aromatic rings. The van der Waals surface area contributed by atoms with Gasteiger partial charge in [-0.25, -0.2) is 9.98 Å². The van der Waals surface area contributed by atoms with E-state index in [1.54, 1.807) is 13.0 Å². The van der Waals surface area contributed by atoms with Crippen molar-refractivity contribution >= 4 is 38.7 Å². The van der Waals surface area contributed by atoms with Gasteiger partial charge in [0.15, 0.2) is 5.17 Å². The van der Waals surface area contributed by atoms with Crippen LogP contribution in [0.25, 0.3) is 0 Å². The van der Waals surface area contributed by atoms with E-state index in [4.69, 9.17) is 0 Å². The number of aliphatic imine (C=N–C) groups is 2. The van der Waals surface area contributed by atoms with Gasteiger partial charge in [-0.05, 0) is 6.92 Å². The molecule has 26 heavy (non-hydrogen) atoms. The Hall–Kier alpha value is -1.23. The van der Waals surface area contributed by atoms with Crippen LogP contribution in [0.4, 0.5) is 26.3 Å². The highest BCUT2D eigenvalue weighted by Gasteiger charge is 2.74. The summed E-state index contributed by atoms with van der Waals surface area (Å²) in [5.74, 6) is -0.387. The predicted octanol–water partition coefficient (Wildman–Crippen LogP) is 4.83.